The van der Waals surface area contributed by atoms with E-state index in [0.717, 1.165) is 56.2 Å². The van der Waals surface area contributed by atoms with Crippen molar-refractivity contribution < 1.29 is 18.9 Å². The molecule has 116 valence electrons. The van der Waals surface area contributed by atoms with Crippen LogP contribution >= 0.6 is 0 Å². The molecular formula is C16H23NO4. The summed E-state index contributed by atoms with van der Waals surface area (Å²) in [7, 11) is 2.08. The summed E-state index contributed by atoms with van der Waals surface area (Å²) in [6.45, 7) is 2.82. The van der Waals surface area contributed by atoms with Crippen molar-refractivity contribution in [2.24, 2.45) is 0 Å². The van der Waals surface area contributed by atoms with Crippen LogP contribution in [0, 0.1) is 0 Å². The van der Waals surface area contributed by atoms with E-state index in [4.69, 9.17) is 18.9 Å². The third kappa shape index (κ3) is 3.80. The van der Waals surface area contributed by atoms with Crippen LogP contribution in [0.4, 0.5) is 5.69 Å². The van der Waals surface area contributed by atoms with Gasteiger partial charge in [0.1, 0.15) is 0 Å². The summed E-state index contributed by atoms with van der Waals surface area (Å²) < 4.78 is 22.0. The van der Waals surface area contributed by atoms with Crippen LogP contribution in [0.15, 0.2) is 18.2 Å². The molecule has 0 bridgehead atoms. The van der Waals surface area contributed by atoms with Gasteiger partial charge in [0, 0.05) is 32.0 Å². The first-order valence-corrected chi connectivity index (χ1v) is 7.67. The molecule has 0 aromatic heterocycles. The van der Waals surface area contributed by atoms with Gasteiger partial charge in [0.25, 0.3) is 0 Å². The zero-order chi connectivity index (χ0) is 14.5. The highest BCUT2D eigenvalue weighted by Gasteiger charge is 2.15. The molecule has 0 amide bonds. The van der Waals surface area contributed by atoms with Gasteiger partial charge in [-0.2, -0.15) is 0 Å². The lowest BCUT2D eigenvalue weighted by Gasteiger charge is -2.24. The topological polar surface area (TPSA) is 40.2 Å². The lowest BCUT2D eigenvalue weighted by Crippen LogP contribution is -2.25. The van der Waals surface area contributed by atoms with Crippen molar-refractivity contribution >= 4 is 5.69 Å². The molecule has 3 rings (SSSR count). The maximum Gasteiger partial charge on any atom is 0.231 e. The highest BCUT2D eigenvalue weighted by Crippen LogP contribution is 2.35. The molecule has 1 aromatic rings. The van der Waals surface area contributed by atoms with Gasteiger partial charge < -0.3 is 23.8 Å². The molecular weight excluding hydrogens is 270 g/mol. The number of rotatable bonds is 6. The average Bonchev–Trinajstić information content (AvgIpc) is 3.00. The SMILES string of the molecule is CN(CCCOC1CCCCO1)c1ccc2c(c1)OCO2. The summed E-state index contributed by atoms with van der Waals surface area (Å²) in [6.07, 6.45) is 4.38. The van der Waals surface area contributed by atoms with Crippen LogP contribution in [0.5, 0.6) is 11.5 Å². The van der Waals surface area contributed by atoms with Crippen LogP contribution in [-0.2, 0) is 9.47 Å². The van der Waals surface area contributed by atoms with E-state index in [1.165, 1.54) is 6.42 Å². The van der Waals surface area contributed by atoms with Crippen LogP contribution in [0.25, 0.3) is 0 Å². The molecule has 1 fully saturated rings. The number of ether oxygens (including phenoxy) is 4. The summed E-state index contributed by atoms with van der Waals surface area (Å²) in [5.74, 6) is 1.65. The Morgan fingerprint density at radius 2 is 2.14 bits per heavy atom. The molecule has 1 atom stereocenters. The standard InChI is InChI=1S/C16H23NO4/c1-17(8-4-10-19-16-5-2-3-9-18-16)13-6-7-14-15(11-13)21-12-20-14/h6-7,11,16H,2-5,8-10,12H2,1H3. The van der Waals surface area contributed by atoms with E-state index in [2.05, 4.69) is 18.0 Å². The molecule has 21 heavy (non-hydrogen) atoms. The zero-order valence-corrected chi connectivity index (χ0v) is 12.5. The second kappa shape index (κ2) is 7.00. The summed E-state index contributed by atoms with van der Waals surface area (Å²) in [6, 6.07) is 6.03. The van der Waals surface area contributed by atoms with Gasteiger partial charge in [-0.05, 0) is 37.8 Å². The Kier molecular flexibility index (Phi) is 4.83. The van der Waals surface area contributed by atoms with Gasteiger partial charge in [-0.1, -0.05) is 0 Å². The molecule has 2 heterocycles. The van der Waals surface area contributed by atoms with Crippen molar-refractivity contribution in [3.63, 3.8) is 0 Å². The fraction of sp³-hybridized carbons (Fsp3) is 0.625. The third-order valence-corrected chi connectivity index (χ3v) is 3.88. The largest absolute Gasteiger partial charge is 0.454 e. The zero-order valence-electron chi connectivity index (χ0n) is 12.5. The van der Waals surface area contributed by atoms with Gasteiger partial charge in [-0.15, -0.1) is 0 Å². The Bertz CT molecular complexity index is 460. The minimum Gasteiger partial charge on any atom is -0.454 e. The first kappa shape index (κ1) is 14.5. The van der Waals surface area contributed by atoms with Crippen molar-refractivity contribution in [3.8, 4) is 11.5 Å². The number of benzene rings is 1. The maximum atomic E-state index is 5.75. The Morgan fingerprint density at radius 1 is 1.24 bits per heavy atom. The molecule has 5 heteroatoms. The second-order valence-electron chi connectivity index (χ2n) is 5.48. The number of fused-ring (bicyclic) bond motifs is 1. The number of anilines is 1. The first-order chi connectivity index (χ1) is 10.3. The van der Waals surface area contributed by atoms with Crippen molar-refractivity contribution in [3.05, 3.63) is 18.2 Å². The summed E-state index contributed by atoms with van der Waals surface area (Å²) in [5, 5.41) is 0. The number of hydrogen-bond acceptors (Lipinski definition) is 5. The van der Waals surface area contributed by atoms with Crippen molar-refractivity contribution in [1.82, 2.24) is 0 Å². The molecule has 2 aliphatic rings. The second-order valence-corrected chi connectivity index (χ2v) is 5.48. The number of nitrogens with zero attached hydrogens (tertiary/aromatic N) is 1. The van der Waals surface area contributed by atoms with E-state index in [1.807, 2.05) is 12.1 Å². The normalized spacial score (nSPS) is 20.5. The Hall–Kier alpha value is -1.46. The van der Waals surface area contributed by atoms with Crippen LogP contribution in [0.1, 0.15) is 25.7 Å². The third-order valence-electron chi connectivity index (χ3n) is 3.88. The van der Waals surface area contributed by atoms with Gasteiger partial charge in [0.15, 0.2) is 17.8 Å². The lowest BCUT2D eigenvalue weighted by molar-refractivity contribution is -0.162. The van der Waals surface area contributed by atoms with E-state index < -0.39 is 0 Å². The maximum absolute atomic E-state index is 5.75. The molecule has 5 nitrogen and oxygen atoms in total. The Labute approximate surface area is 125 Å². The molecule has 2 aliphatic heterocycles. The van der Waals surface area contributed by atoms with E-state index in [1.54, 1.807) is 0 Å². The van der Waals surface area contributed by atoms with Gasteiger partial charge >= 0.3 is 0 Å². The number of hydrogen-bond donors (Lipinski definition) is 0. The van der Waals surface area contributed by atoms with Crippen LogP contribution in [0.2, 0.25) is 0 Å². The highest BCUT2D eigenvalue weighted by molar-refractivity contribution is 5.56. The molecule has 0 N–H and O–H groups in total. The fourth-order valence-corrected chi connectivity index (χ4v) is 2.61. The van der Waals surface area contributed by atoms with Crippen LogP contribution in [-0.4, -0.2) is 39.9 Å². The minimum absolute atomic E-state index is 0.00889. The molecule has 0 radical (unpaired) electrons. The molecule has 0 spiro atoms. The van der Waals surface area contributed by atoms with Gasteiger partial charge in [-0.25, -0.2) is 0 Å². The summed E-state index contributed by atoms with van der Waals surface area (Å²) >= 11 is 0. The monoisotopic (exact) mass is 293 g/mol. The van der Waals surface area contributed by atoms with Gasteiger partial charge in [0.05, 0.1) is 6.61 Å². The highest BCUT2D eigenvalue weighted by atomic mass is 16.7. The van der Waals surface area contributed by atoms with Crippen LogP contribution < -0.4 is 14.4 Å². The molecule has 0 aliphatic carbocycles. The summed E-state index contributed by atoms with van der Waals surface area (Å²) in [4.78, 5) is 2.20. The van der Waals surface area contributed by atoms with Crippen molar-refractivity contribution in [1.29, 1.82) is 0 Å². The quantitative estimate of drug-likeness (QED) is 0.754. The molecule has 1 unspecified atom stereocenters. The lowest BCUT2D eigenvalue weighted by atomic mass is 10.2. The molecule has 1 saturated heterocycles. The Morgan fingerprint density at radius 3 is 3.00 bits per heavy atom. The predicted molar refractivity (Wildman–Crippen MR) is 80.0 cm³/mol. The molecule has 0 saturated carbocycles. The van der Waals surface area contributed by atoms with Crippen LogP contribution in [0.3, 0.4) is 0 Å². The van der Waals surface area contributed by atoms with E-state index >= 15 is 0 Å². The van der Waals surface area contributed by atoms with Gasteiger partial charge in [-0.3, -0.25) is 0 Å². The fourth-order valence-electron chi connectivity index (χ4n) is 2.61. The van der Waals surface area contributed by atoms with E-state index in [0.29, 0.717) is 6.79 Å². The van der Waals surface area contributed by atoms with Crippen molar-refractivity contribution in [2.45, 2.75) is 32.0 Å². The molecule has 1 aromatic carbocycles. The van der Waals surface area contributed by atoms with E-state index in [9.17, 15) is 0 Å². The van der Waals surface area contributed by atoms with Crippen molar-refractivity contribution in [2.75, 3.05) is 38.5 Å². The first-order valence-electron chi connectivity index (χ1n) is 7.67. The van der Waals surface area contributed by atoms with Gasteiger partial charge in [0.2, 0.25) is 6.79 Å². The predicted octanol–water partition coefficient (Wildman–Crippen LogP) is 2.78. The smallest absolute Gasteiger partial charge is 0.231 e. The van der Waals surface area contributed by atoms with E-state index in [-0.39, 0.29) is 6.29 Å². The average molecular weight is 293 g/mol. The summed E-state index contributed by atoms with van der Waals surface area (Å²) in [5.41, 5.74) is 1.13. The Balaban J connectivity index is 1.40. The minimum atomic E-state index is 0.00889.